The molecule has 0 atom stereocenters. The van der Waals surface area contributed by atoms with Crippen LogP contribution in [0.4, 0.5) is 34.1 Å². The highest BCUT2D eigenvalue weighted by atomic mass is 16.5. The van der Waals surface area contributed by atoms with Crippen molar-refractivity contribution in [2.45, 2.75) is 0 Å². The van der Waals surface area contributed by atoms with Crippen molar-refractivity contribution in [1.29, 1.82) is 0 Å². The van der Waals surface area contributed by atoms with Gasteiger partial charge in [0.2, 0.25) is 0 Å². The highest BCUT2D eigenvalue weighted by Crippen LogP contribution is 2.48. The van der Waals surface area contributed by atoms with Crippen molar-refractivity contribution < 1.29 is 9.47 Å². The summed E-state index contributed by atoms with van der Waals surface area (Å²) in [5.74, 6) is 3.18. The van der Waals surface area contributed by atoms with Crippen molar-refractivity contribution in [3.8, 4) is 23.0 Å². The lowest BCUT2D eigenvalue weighted by Crippen LogP contribution is -2.11. The number of rotatable bonds is 10. The fourth-order valence-corrected chi connectivity index (χ4v) is 7.87. The van der Waals surface area contributed by atoms with Crippen LogP contribution in [0.2, 0.25) is 0 Å². The Morgan fingerprint density at radius 1 is 0.224 bits per heavy atom. The number of fused-ring (bicyclic) bond motifs is 5. The van der Waals surface area contributed by atoms with Gasteiger partial charge in [0.15, 0.2) is 0 Å². The second-order valence-electron chi connectivity index (χ2n) is 14.1. The van der Waals surface area contributed by atoms with Gasteiger partial charge >= 0.3 is 0 Å². The number of nitrogens with zero attached hydrogens (tertiary/aromatic N) is 2. The first-order valence-corrected chi connectivity index (χ1v) is 19.5. The maximum Gasteiger partial charge on any atom is 0.127 e. The lowest BCUT2D eigenvalue weighted by Gasteiger charge is -2.30. The predicted octanol–water partition coefficient (Wildman–Crippen LogP) is 15.7. The minimum Gasteiger partial charge on any atom is -0.457 e. The molecule has 0 aliphatic heterocycles. The number of ether oxygens (including phenoxy) is 2. The lowest BCUT2D eigenvalue weighted by molar-refractivity contribution is 0.482. The fraction of sp³-hybridized carbons (Fsp3) is 0. The molecule has 0 N–H and O–H groups in total. The van der Waals surface area contributed by atoms with E-state index in [0.29, 0.717) is 0 Å². The van der Waals surface area contributed by atoms with Gasteiger partial charge in [-0.2, -0.15) is 0 Å². The van der Waals surface area contributed by atoms with Crippen molar-refractivity contribution >= 4 is 66.4 Å². The zero-order valence-corrected chi connectivity index (χ0v) is 31.7. The van der Waals surface area contributed by atoms with Crippen LogP contribution in [0.15, 0.2) is 231 Å². The fourth-order valence-electron chi connectivity index (χ4n) is 7.87. The molecule has 0 aliphatic rings. The van der Waals surface area contributed by atoms with E-state index in [1.54, 1.807) is 0 Å². The molecule has 0 aliphatic carbocycles. The van der Waals surface area contributed by atoms with Crippen LogP contribution in [0.25, 0.3) is 32.3 Å². The van der Waals surface area contributed by atoms with Crippen LogP contribution in [0.1, 0.15) is 0 Å². The number of hydrogen-bond acceptors (Lipinski definition) is 4. The number of anilines is 6. The summed E-state index contributed by atoms with van der Waals surface area (Å²) in [5, 5.41) is 7.00. The summed E-state index contributed by atoms with van der Waals surface area (Å²) >= 11 is 0. The highest BCUT2D eigenvalue weighted by molar-refractivity contribution is 6.24. The van der Waals surface area contributed by atoms with Crippen LogP contribution in [-0.2, 0) is 0 Å². The summed E-state index contributed by atoms with van der Waals surface area (Å²) in [4.78, 5) is 4.71. The summed E-state index contributed by atoms with van der Waals surface area (Å²) < 4.78 is 12.4. The van der Waals surface area contributed by atoms with Gasteiger partial charge < -0.3 is 19.3 Å². The summed E-state index contributed by atoms with van der Waals surface area (Å²) in [5.41, 5.74) is 6.40. The maximum absolute atomic E-state index is 6.20. The molecule has 4 heteroatoms. The minimum atomic E-state index is 0.784. The Hall–Kier alpha value is -7.82. The van der Waals surface area contributed by atoms with Crippen LogP contribution < -0.4 is 19.3 Å². The zero-order chi connectivity index (χ0) is 38.7. The Morgan fingerprint density at radius 3 is 0.862 bits per heavy atom. The van der Waals surface area contributed by atoms with Crippen molar-refractivity contribution in [3.63, 3.8) is 0 Å². The van der Waals surface area contributed by atoms with Gasteiger partial charge in [0.25, 0.3) is 0 Å². The first-order chi connectivity index (χ1) is 28.8. The Bertz CT molecular complexity index is 2770. The molecule has 0 bridgehead atoms. The Morgan fingerprint density at radius 2 is 0.500 bits per heavy atom. The van der Waals surface area contributed by atoms with E-state index in [1.165, 1.54) is 21.5 Å². The minimum absolute atomic E-state index is 0.784. The van der Waals surface area contributed by atoms with Crippen LogP contribution in [0.5, 0.6) is 23.0 Å². The monoisotopic (exact) mass is 746 g/mol. The van der Waals surface area contributed by atoms with Crippen LogP contribution in [0.3, 0.4) is 0 Å². The topological polar surface area (TPSA) is 24.9 Å². The molecule has 58 heavy (non-hydrogen) atoms. The third-order valence-electron chi connectivity index (χ3n) is 10.5. The van der Waals surface area contributed by atoms with Gasteiger partial charge in [-0.3, -0.25) is 0 Å². The Kier molecular flexibility index (Phi) is 9.18. The van der Waals surface area contributed by atoms with Gasteiger partial charge in [0.1, 0.15) is 23.0 Å². The summed E-state index contributed by atoms with van der Waals surface area (Å²) in [7, 11) is 0. The number of para-hydroxylation sites is 4. The standard InChI is InChI=1S/C54H38N2O2/c1-5-17-39(18-6-1)55(41-29-33-45(34-30-41)57-43-21-9-3-10-22-43)53-37-51-48-26-14-16-28-50(48)54(38-52(51)47-25-13-15-27-49(47)53)56(40-19-7-2-8-20-40)42-31-35-46(36-32-42)58-44-23-11-4-12-24-44/h1-38H. The first kappa shape index (κ1) is 34.7. The van der Waals surface area contributed by atoms with E-state index < -0.39 is 0 Å². The van der Waals surface area contributed by atoms with Gasteiger partial charge in [-0.1, -0.05) is 121 Å². The lowest BCUT2D eigenvalue weighted by atomic mass is 9.93. The summed E-state index contributed by atoms with van der Waals surface area (Å²) in [6.45, 7) is 0. The average Bonchev–Trinajstić information content (AvgIpc) is 3.29. The predicted molar refractivity (Wildman–Crippen MR) is 241 cm³/mol. The molecule has 0 heterocycles. The van der Waals surface area contributed by atoms with Crippen LogP contribution in [0, 0.1) is 0 Å². The van der Waals surface area contributed by atoms with Gasteiger partial charge in [0, 0.05) is 33.5 Å². The molecule has 10 aromatic carbocycles. The Balaban J connectivity index is 1.15. The Labute approximate surface area is 338 Å². The van der Waals surface area contributed by atoms with E-state index in [9.17, 15) is 0 Å². The molecule has 0 saturated carbocycles. The van der Waals surface area contributed by atoms with Gasteiger partial charge in [-0.25, -0.2) is 0 Å². The number of hydrogen-bond donors (Lipinski definition) is 0. The molecule has 0 saturated heterocycles. The second kappa shape index (κ2) is 15.4. The summed E-state index contributed by atoms with van der Waals surface area (Å²) in [6, 6.07) is 80.0. The largest absolute Gasteiger partial charge is 0.457 e. The average molecular weight is 747 g/mol. The van der Waals surface area contributed by atoms with Gasteiger partial charge in [-0.05, 0) is 131 Å². The third-order valence-corrected chi connectivity index (χ3v) is 10.5. The highest BCUT2D eigenvalue weighted by Gasteiger charge is 2.22. The maximum atomic E-state index is 6.20. The SMILES string of the molecule is c1ccc(Oc2ccc(N(c3ccccc3)c3cc4c5ccccc5c(N(c5ccccc5)c5ccc(Oc6ccccc6)cc5)cc4c4ccccc34)cc2)cc1. The molecule has 4 nitrogen and oxygen atoms in total. The zero-order valence-electron chi connectivity index (χ0n) is 31.7. The molecule has 276 valence electrons. The van der Waals surface area contributed by atoms with Crippen molar-refractivity contribution in [2.75, 3.05) is 9.80 Å². The smallest absolute Gasteiger partial charge is 0.127 e. The van der Waals surface area contributed by atoms with Crippen LogP contribution >= 0.6 is 0 Å². The van der Waals surface area contributed by atoms with E-state index in [4.69, 9.17) is 9.47 Å². The molecule has 0 amide bonds. The molecule has 0 radical (unpaired) electrons. The van der Waals surface area contributed by atoms with Crippen molar-refractivity contribution in [1.82, 2.24) is 0 Å². The quantitative estimate of drug-likeness (QED) is 0.130. The first-order valence-electron chi connectivity index (χ1n) is 19.5. The van der Waals surface area contributed by atoms with Gasteiger partial charge in [0.05, 0.1) is 11.4 Å². The third kappa shape index (κ3) is 6.74. The van der Waals surface area contributed by atoms with Crippen molar-refractivity contribution in [3.05, 3.63) is 231 Å². The summed E-state index contributed by atoms with van der Waals surface area (Å²) in [6.07, 6.45) is 0. The molecular weight excluding hydrogens is 709 g/mol. The van der Waals surface area contributed by atoms with E-state index >= 15 is 0 Å². The van der Waals surface area contributed by atoms with E-state index in [2.05, 4.69) is 155 Å². The second-order valence-corrected chi connectivity index (χ2v) is 14.1. The normalized spacial score (nSPS) is 11.1. The molecule has 10 aromatic rings. The molecule has 0 aromatic heterocycles. The van der Waals surface area contributed by atoms with Crippen molar-refractivity contribution in [2.24, 2.45) is 0 Å². The van der Waals surface area contributed by atoms with E-state index in [0.717, 1.165) is 67.9 Å². The van der Waals surface area contributed by atoms with Crippen LogP contribution in [-0.4, -0.2) is 0 Å². The van der Waals surface area contributed by atoms with Gasteiger partial charge in [-0.15, -0.1) is 0 Å². The number of benzene rings is 10. The molecule has 10 rings (SSSR count). The molecule has 0 unspecified atom stereocenters. The van der Waals surface area contributed by atoms with E-state index in [1.807, 2.05) is 84.9 Å². The van der Waals surface area contributed by atoms with E-state index in [-0.39, 0.29) is 0 Å². The molecule has 0 fully saturated rings. The molecule has 0 spiro atoms. The molecular formula is C54H38N2O2.